The van der Waals surface area contributed by atoms with Crippen molar-refractivity contribution in [3.63, 3.8) is 0 Å². The summed E-state index contributed by atoms with van der Waals surface area (Å²) in [5, 5.41) is 10.1. The number of nitrogens with one attached hydrogen (secondary N) is 2. The van der Waals surface area contributed by atoms with Gasteiger partial charge in [-0.2, -0.15) is 4.98 Å². The Morgan fingerprint density at radius 1 is 1.50 bits per heavy atom. The summed E-state index contributed by atoms with van der Waals surface area (Å²) in [5.74, 6) is 1.98. The fourth-order valence-corrected chi connectivity index (χ4v) is 3.12. The minimum absolute atomic E-state index is 0.0393. The molecule has 3 rings (SSSR count). The van der Waals surface area contributed by atoms with Crippen LogP contribution in [0, 0.1) is 0 Å². The zero-order valence-electron chi connectivity index (χ0n) is 12.5. The zero-order chi connectivity index (χ0) is 15.5. The number of benzene rings is 1. The summed E-state index contributed by atoms with van der Waals surface area (Å²) in [6.45, 7) is 2.06. The van der Waals surface area contributed by atoms with E-state index in [1.165, 1.54) is 0 Å². The van der Waals surface area contributed by atoms with Crippen molar-refractivity contribution in [2.45, 2.75) is 30.7 Å². The van der Waals surface area contributed by atoms with Gasteiger partial charge in [0, 0.05) is 35.1 Å². The number of likely N-dealkylation sites (N-methyl/N-ethyl adjacent to an activating group) is 1. The number of amides is 1. The van der Waals surface area contributed by atoms with Gasteiger partial charge in [-0.25, -0.2) is 0 Å². The van der Waals surface area contributed by atoms with E-state index in [1.54, 1.807) is 11.8 Å². The normalized spacial score (nSPS) is 15.8. The van der Waals surface area contributed by atoms with E-state index in [9.17, 15) is 4.79 Å². The van der Waals surface area contributed by atoms with E-state index in [2.05, 4.69) is 27.7 Å². The Kier molecular flexibility index (Phi) is 4.44. The summed E-state index contributed by atoms with van der Waals surface area (Å²) in [6, 6.07) is 6.11. The third-order valence-electron chi connectivity index (χ3n) is 3.54. The molecular formula is C15H18N4O2S. The van der Waals surface area contributed by atoms with E-state index in [4.69, 9.17) is 4.52 Å². The summed E-state index contributed by atoms with van der Waals surface area (Å²) in [5.41, 5.74) is 1.63. The molecule has 7 heteroatoms. The second-order valence-corrected chi connectivity index (χ2v) is 6.40. The number of nitrogens with zero attached hydrogens (tertiary/aromatic N) is 2. The molecule has 0 aliphatic carbocycles. The van der Waals surface area contributed by atoms with E-state index in [0.717, 1.165) is 21.9 Å². The molecule has 2 heterocycles. The number of fused-ring (bicyclic) bond motifs is 1. The van der Waals surface area contributed by atoms with Crippen molar-refractivity contribution in [1.29, 1.82) is 0 Å². The molecule has 1 aliphatic rings. The standard InChI is InChI=1S/C15H18N4O2S/c1-9(16-2)7-13-18-15(21-19-13)10-3-4-12-11(8-10)17-14(20)5-6-22-12/h3-4,8-9,16H,5-7H2,1-2H3,(H,17,20). The predicted octanol–water partition coefficient (Wildman–Crippen LogP) is 2.32. The lowest BCUT2D eigenvalue weighted by Crippen LogP contribution is -2.24. The molecule has 1 aromatic carbocycles. The fourth-order valence-electron chi connectivity index (χ4n) is 2.18. The molecule has 2 N–H and O–H groups in total. The molecule has 0 radical (unpaired) electrons. The first-order valence-electron chi connectivity index (χ1n) is 7.22. The van der Waals surface area contributed by atoms with Crippen molar-refractivity contribution in [3.8, 4) is 11.5 Å². The molecule has 0 fully saturated rings. The van der Waals surface area contributed by atoms with Gasteiger partial charge in [-0.1, -0.05) is 5.16 Å². The van der Waals surface area contributed by atoms with Crippen LogP contribution in [0.3, 0.4) is 0 Å². The molecule has 22 heavy (non-hydrogen) atoms. The number of carbonyl (C=O) groups is 1. The molecule has 1 amide bonds. The van der Waals surface area contributed by atoms with Gasteiger partial charge in [0.15, 0.2) is 5.82 Å². The van der Waals surface area contributed by atoms with Crippen LogP contribution in [-0.2, 0) is 11.2 Å². The van der Waals surface area contributed by atoms with Crippen molar-refractivity contribution < 1.29 is 9.32 Å². The van der Waals surface area contributed by atoms with Gasteiger partial charge in [0.25, 0.3) is 5.89 Å². The average molecular weight is 318 g/mol. The molecule has 0 bridgehead atoms. The van der Waals surface area contributed by atoms with E-state index in [1.807, 2.05) is 25.2 Å². The second kappa shape index (κ2) is 6.50. The van der Waals surface area contributed by atoms with Crippen LogP contribution >= 0.6 is 11.8 Å². The highest BCUT2D eigenvalue weighted by atomic mass is 32.2. The van der Waals surface area contributed by atoms with Crippen LogP contribution in [0.4, 0.5) is 5.69 Å². The molecule has 1 aliphatic heterocycles. The van der Waals surface area contributed by atoms with Gasteiger partial charge in [-0.05, 0) is 32.2 Å². The van der Waals surface area contributed by atoms with E-state index in [-0.39, 0.29) is 11.9 Å². The molecule has 6 nitrogen and oxygen atoms in total. The zero-order valence-corrected chi connectivity index (χ0v) is 13.4. The topological polar surface area (TPSA) is 80.0 Å². The van der Waals surface area contributed by atoms with Gasteiger partial charge in [0.1, 0.15) is 0 Å². The minimum Gasteiger partial charge on any atom is -0.334 e. The quantitative estimate of drug-likeness (QED) is 0.900. The van der Waals surface area contributed by atoms with Gasteiger partial charge in [-0.15, -0.1) is 11.8 Å². The van der Waals surface area contributed by atoms with Gasteiger partial charge in [0.2, 0.25) is 5.91 Å². The summed E-state index contributed by atoms with van der Waals surface area (Å²) in [7, 11) is 1.90. The Balaban J connectivity index is 1.85. The van der Waals surface area contributed by atoms with Crippen LogP contribution in [0.5, 0.6) is 0 Å². The summed E-state index contributed by atoms with van der Waals surface area (Å²) in [6.07, 6.45) is 1.23. The van der Waals surface area contributed by atoms with E-state index in [0.29, 0.717) is 24.6 Å². The molecule has 0 saturated heterocycles. The smallest absolute Gasteiger partial charge is 0.257 e. The Morgan fingerprint density at radius 3 is 3.18 bits per heavy atom. The molecule has 1 atom stereocenters. The lowest BCUT2D eigenvalue weighted by molar-refractivity contribution is -0.115. The van der Waals surface area contributed by atoms with Crippen LogP contribution in [0.15, 0.2) is 27.6 Å². The van der Waals surface area contributed by atoms with E-state index >= 15 is 0 Å². The Bertz CT molecular complexity index is 686. The third-order valence-corrected chi connectivity index (χ3v) is 4.61. The van der Waals surface area contributed by atoms with Crippen LogP contribution in [0.2, 0.25) is 0 Å². The predicted molar refractivity (Wildman–Crippen MR) is 85.9 cm³/mol. The molecule has 0 spiro atoms. The number of hydrogen-bond acceptors (Lipinski definition) is 6. The van der Waals surface area contributed by atoms with Crippen molar-refractivity contribution in [3.05, 3.63) is 24.0 Å². The summed E-state index contributed by atoms with van der Waals surface area (Å²) < 4.78 is 5.34. The molecular weight excluding hydrogens is 300 g/mol. The first kappa shape index (κ1) is 15.1. The number of aromatic nitrogens is 2. The average Bonchev–Trinajstić information content (AvgIpc) is 2.88. The SMILES string of the molecule is CNC(C)Cc1noc(-c2ccc3c(c2)NC(=O)CCS3)n1. The number of rotatable bonds is 4. The van der Waals surface area contributed by atoms with Crippen molar-refractivity contribution in [2.75, 3.05) is 18.1 Å². The molecule has 1 aromatic heterocycles. The highest BCUT2D eigenvalue weighted by Gasteiger charge is 2.16. The maximum atomic E-state index is 11.7. The Hall–Kier alpha value is -1.86. The van der Waals surface area contributed by atoms with Gasteiger partial charge >= 0.3 is 0 Å². The molecule has 116 valence electrons. The van der Waals surface area contributed by atoms with Crippen LogP contribution in [-0.4, -0.2) is 34.9 Å². The lowest BCUT2D eigenvalue weighted by atomic mass is 10.2. The minimum atomic E-state index is 0.0393. The highest BCUT2D eigenvalue weighted by molar-refractivity contribution is 7.99. The van der Waals surface area contributed by atoms with Crippen molar-refractivity contribution in [1.82, 2.24) is 15.5 Å². The van der Waals surface area contributed by atoms with E-state index < -0.39 is 0 Å². The maximum absolute atomic E-state index is 11.7. The second-order valence-electron chi connectivity index (χ2n) is 5.27. The number of carbonyl (C=O) groups excluding carboxylic acids is 1. The van der Waals surface area contributed by atoms with Crippen LogP contribution < -0.4 is 10.6 Å². The first-order chi connectivity index (χ1) is 10.7. The number of anilines is 1. The van der Waals surface area contributed by atoms with Gasteiger partial charge in [-0.3, -0.25) is 4.79 Å². The van der Waals surface area contributed by atoms with Crippen molar-refractivity contribution in [2.24, 2.45) is 0 Å². The first-order valence-corrected chi connectivity index (χ1v) is 8.21. The number of thioether (sulfide) groups is 1. The largest absolute Gasteiger partial charge is 0.334 e. The van der Waals surface area contributed by atoms with Crippen LogP contribution in [0.1, 0.15) is 19.2 Å². The summed E-state index contributed by atoms with van der Waals surface area (Å²) in [4.78, 5) is 17.2. The Labute approximate surface area is 133 Å². The Morgan fingerprint density at radius 2 is 2.36 bits per heavy atom. The fraction of sp³-hybridized carbons (Fsp3) is 0.400. The summed E-state index contributed by atoms with van der Waals surface area (Å²) >= 11 is 1.68. The monoisotopic (exact) mass is 318 g/mol. The van der Waals surface area contributed by atoms with Gasteiger partial charge in [0.05, 0.1) is 5.69 Å². The number of hydrogen-bond donors (Lipinski definition) is 2. The third kappa shape index (κ3) is 3.31. The lowest BCUT2D eigenvalue weighted by Gasteiger charge is -2.06. The molecule has 2 aromatic rings. The maximum Gasteiger partial charge on any atom is 0.257 e. The highest BCUT2D eigenvalue weighted by Crippen LogP contribution is 2.33. The molecule has 1 unspecified atom stereocenters. The van der Waals surface area contributed by atoms with Crippen molar-refractivity contribution >= 4 is 23.4 Å². The van der Waals surface area contributed by atoms with Crippen LogP contribution in [0.25, 0.3) is 11.5 Å². The molecule has 0 saturated carbocycles. The van der Waals surface area contributed by atoms with Gasteiger partial charge < -0.3 is 15.2 Å².